The number of carbonyl (C=O) groups excluding carboxylic acids is 1. The van der Waals surface area contributed by atoms with E-state index in [4.69, 9.17) is 9.47 Å². The first-order valence-electron chi connectivity index (χ1n) is 9.54. The minimum atomic E-state index is -0.274. The molecule has 29 heavy (non-hydrogen) atoms. The molecule has 0 bridgehead atoms. The van der Waals surface area contributed by atoms with Crippen molar-refractivity contribution in [3.63, 3.8) is 0 Å². The molecule has 0 aliphatic rings. The highest BCUT2D eigenvalue weighted by molar-refractivity contribution is 7.13. The molecule has 0 aliphatic carbocycles. The van der Waals surface area contributed by atoms with Crippen LogP contribution in [-0.4, -0.2) is 29.1 Å². The molecule has 1 amide bonds. The van der Waals surface area contributed by atoms with Crippen molar-refractivity contribution in [2.45, 2.75) is 27.2 Å². The normalized spacial score (nSPS) is 10.8. The average molecular weight is 412 g/mol. The number of hydrogen-bond acceptors (Lipinski definition) is 6. The molecule has 2 heterocycles. The zero-order valence-electron chi connectivity index (χ0n) is 16.8. The van der Waals surface area contributed by atoms with Gasteiger partial charge in [-0.15, -0.1) is 11.3 Å². The topological polar surface area (TPSA) is 73.3 Å². The molecule has 3 aromatic rings. The van der Waals surface area contributed by atoms with E-state index in [1.54, 1.807) is 12.1 Å². The lowest BCUT2D eigenvalue weighted by Crippen LogP contribution is -2.14. The number of rotatable bonds is 9. The first-order chi connectivity index (χ1) is 14.0. The van der Waals surface area contributed by atoms with Gasteiger partial charge < -0.3 is 9.47 Å². The van der Waals surface area contributed by atoms with E-state index < -0.39 is 0 Å². The van der Waals surface area contributed by atoms with Crippen LogP contribution in [-0.2, 0) is 6.42 Å². The van der Waals surface area contributed by atoms with Crippen LogP contribution in [0.25, 0.3) is 0 Å². The summed E-state index contributed by atoms with van der Waals surface area (Å²) >= 11 is 1.39. The number of aryl methyl sites for hydroxylation is 1. The van der Waals surface area contributed by atoms with Gasteiger partial charge in [-0.2, -0.15) is 4.98 Å². The molecule has 3 rings (SSSR count). The van der Waals surface area contributed by atoms with Crippen LogP contribution in [0, 0.1) is 12.8 Å². The summed E-state index contributed by atoms with van der Waals surface area (Å²) in [6.45, 7) is 6.96. The Labute approximate surface area is 174 Å². The maximum absolute atomic E-state index is 12.7. The quantitative estimate of drug-likeness (QED) is 0.550. The molecule has 0 atom stereocenters. The number of hydrogen-bond donors (Lipinski definition) is 1. The van der Waals surface area contributed by atoms with Crippen LogP contribution in [0.2, 0.25) is 0 Å². The Balaban J connectivity index is 1.72. The molecule has 0 unspecified atom stereocenters. The van der Waals surface area contributed by atoms with Crippen molar-refractivity contribution in [1.82, 2.24) is 9.97 Å². The van der Waals surface area contributed by atoms with Crippen molar-refractivity contribution in [2.75, 3.05) is 18.5 Å². The monoisotopic (exact) mass is 411 g/mol. The molecule has 152 valence electrons. The molecule has 0 saturated heterocycles. The van der Waals surface area contributed by atoms with E-state index in [2.05, 4.69) is 29.1 Å². The largest absolute Gasteiger partial charge is 0.477 e. The minimum absolute atomic E-state index is 0.274. The third kappa shape index (κ3) is 6.57. The van der Waals surface area contributed by atoms with Gasteiger partial charge >= 0.3 is 0 Å². The summed E-state index contributed by atoms with van der Waals surface area (Å²) in [5, 5.41) is 5.25. The molecule has 1 aromatic carbocycles. The summed E-state index contributed by atoms with van der Waals surface area (Å²) in [5.74, 6) is 0.804. The van der Waals surface area contributed by atoms with Crippen molar-refractivity contribution >= 4 is 22.4 Å². The van der Waals surface area contributed by atoms with Crippen LogP contribution in [0.15, 0.2) is 47.8 Å². The van der Waals surface area contributed by atoms with Gasteiger partial charge in [-0.05, 0) is 18.4 Å². The minimum Gasteiger partial charge on any atom is -0.477 e. The highest BCUT2D eigenvalue weighted by atomic mass is 32.1. The summed E-state index contributed by atoms with van der Waals surface area (Å²) in [5.41, 5.74) is 2.46. The van der Waals surface area contributed by atoms with E-state index in [1.807, 2.05) is 42.6 Å². The van der Waals surface area contributed by atoms with E-state index in [9.17, 15) is 4.79 Å². The second-order valence-electron chi connectivity index (χ2n) is 7.07. The number of amides is 1. The van der Waals surface area contributed by atoms with Gasteiger partial charge in [0.1, 0.15) is 0 Å². The van der Waals surface area contributed by atoms with E-state index in [0.29, 0.717) is 41.6 Å². The number of nitrogens with one attached hydrogen (secondary N) is 1. The van der Waals surface area contributed by atoms with Crippen LogP contribution >= 0.6 is 11.3 Å². The molecule has 0 fully saturated rings. The summed E-state index contributed by atoms with van der Waals surface area (Å²) in [6.07, 6.45) is 0.750. The van der Waals surface area contributed by atoms with Crippen LogP contribution in [0.3, 0.4) is 0 Å². The van der Waals surface area contributed by atoms with Gasteiger partial charge in [-0.1, -0.05) is 44.2 Å². The second-order valence-corrected chi connectivity index (χ2v) is 7.93. The maximum Gasteiger partial charge on any atom is 0.257 e. The van der Waals surface area contributed by atoms with Gasteiger partial charge in [0.15, 0.2) is 5.13 Å². The highest BCUT2D eigenvalue weighted by Gasteiger charge is 2.14. The third-order valence-electron chi connectivity index (χ3n) is 3.93. The Hall–Kier alpha value is -2.93. The van der Waals surface area contributed by atoms with Crippen LogP contribution < -0.4 is 14.8 Å². The number of anilines is 1. The van der Waals surface area contributed by atoms with Crippen molar-refractivity contribution in [3.05, 3.63) is 64.7 Å². The highest BCUT2D eigenvalue weighted by Crippen LogP contribution is 2.21. The fourth-order valence-electron chi connectivity index (χ4n) is 2.51. The molecule has 6 nitrogen and oxygen atoms in total. The predicted octanol–water partition coefficient (Wildman–Crippen LogP) is 4.76. The van der Waals surface area contributed by atoms with Crippen molar-refractivity contribution < 1.29 is 14.3 Å². The molecular formula is C22H25N3O3S. The fourth-order valence-corrected chi connectivity index (χ4v) is 3.19. The van der Waals surface area contributed by atoms with Gasteiger partial charge in [-0.3, -0.25) is 10.1 Å². The third-order valence-corrected chi connectivity index (χ3v) is 4.80. The summed E-state index contributed by atoms with van der Waals surface area (Å²) in [6, 6.07) is 13.3. The number of ether oxygens (including phenoxy) is 2. The van der Waals surface area contributed by atoms with Crippen LogP contribution in [0.5, 0.6) is 11.8 Å². The Bertz CT molecular complexity index is 941. The Morgan fingerprint density at radius 2 is 1.83 bits per heavy atom. The van der Waals surface area contributed by atoms with Gasteiger partial charge in [-0.25, -0.2) is 4.98 Å². The second kappa shape index (κ2) is 10.0. The molecule has 0 radical (unpaired) electrons. The molecular weight excluding hydrogens is 386 g/mol. The van der Waals surface area contributed by atoms with Crippen molar-refractivity contribution in [2.24, 2.45) is 5.92 Å². The first-order valence-corrected chi connectivity index (χ1v) is 10.4. The molecule has 1 N–H and O–H groups in total. The number of pyridine rings is 1. The van der Waals surface area contributed by atoms with E-state index in [1.165, 1.54) is 16.9 Å². The summed E-state index contributed by atoms with van der Waals surface area (Å²) in [4.78, 5) is 21.3. The number of aromatic nitrogens is 2. The van der Waals surface area contributed by atoms with Crippen LogP contribution in [0.4, 0.5) is 5.13 Å². The lowest BCUT2D eigenvalue weighted by molar-refractivity contribution is 0.102. The summed E-state index contributed by atoms with van der Waals surface area (Å²) in [7, 11) is 0. The number of carbonyl (C=O) groups is 1. The average Bonchev–Trinajstić information content (AvgIpc) is 3.11. The van der Waals surface area contributed by atoms with E-state index in [0.717, 1.165) is 12.1 Å². The predicted molar refractivity (Wildman–Crippen MR) is 115 cm³/mol. The standard InChI is InChI=1S/C22H25N3O3S/c1-15(2)13-28-20-12-18(21(26)25-22-23-16(3)14-29-22)11-19(24-20)27-10-9-17-7-5-4-6-8-17/h4-8,11-12,14-15H,9-10,13H2,1-3H3,(H,23,25,26). The molecule has 0 spiro atoms. The fraction of sp³-hybridized carbons (Fsp3) is 0.318. The maximum atomic E-state index is 12.7. The van der Waals surface area contributed by atoms with Crippen molar-refractivity contribution in [3.8, 4) is 11.8 Å². The Morgan fingerprint density at radius 3 is 2.48 bits per heavy atom. The van der Waals surface area contributed by atoms with E-state index in [-0.39, 0.29) is 5.91 Å². The number of nitrogens with zero attached hydrogens (tertiary/aromatic N) is 2. The van der Waals surface area contributed by atoms with Gasteiger partial charge in [0.25, 0.3) is 5.91 Å². The Morgan fingerprint density at radius 1 is 1.10 bits per heavy atom. The molecule has 0 saturated carbocycles. The lowest BCUT2D eigenvalue weighted by Gasteiger charge is -2.12. The SMILES string of the molecule is Cc1csc(NC(=O)c2cc(OCCc3ccccc3)nc(OCC(C)C)c2)n1. The van der Waals surface area contributed by atoms with E-state index >= 15 is 0 Å². The molecule has 7 heteroatoms. The zero-order valence-corrected chi connectivity index (χ0v) is 17.7. The smallest absolute Gasteiger partial charge is 0.257 e. The number of thiazole rings is 1. The number of benzene rings is 1. The Kier molecular flexibility index (Phi) is 7.19. The van der Waals surface area contributed by atoms with Crippen LogP contribution in [0.1, 0.15) is 35.5 Å². The first kappa shape index (κ1) is 20.8. The zero-order chi connectivity index (χ0) is 20.6. The van der Waals surface area contributed by atoms with Gasteiger partial charge in [0, 0.05) is 23.9 Å². The molecule has 0 aliphatic heterocycles. The van der Waals surface area contributed by atoms with Gasteiger partial charge in [0.2, 0.25) is 11.8 Å². The van der Waals surface area contributed by atoms with Crippen molar-refractivity contribution in [1.29, 1.82) is 0 Å². The van der Waals surface area contributed by atoms with Gasteiger partial charge in [0.05, 0.1) is 24.5 Å². The lowest BCUT2D eigenvalue weighted by atomic mass is 10.2. The summed E-state index contributed by atoms with van der Waals surface area (Å²) < 4.78 is 11.6. The molecule has 2 aromatic heterocycles.